The number of phenolic OH excluding ortho intramolecular Hbond substituents is 1. The molecule has 0 spiro atoms. The van der Waals surface area contributed by atoms with Crippen LogP contribution in [-0.2, 0) is 7.05 Å². The van der Waals surface area contributed by atoms with Gasteiger partial charge in [0.15, 0.2) is 0 Å². The molecule has 1 aromatic heterocycles. The molecule has 0 amide bonds. The van der Waals surface area contributed by atoms with E-state index >= 15 is 0 Å². The zero-order valence-electron chi connectivity index (χ0n) is 11.5. The summed E-state index contributed by atoms with van der Waals surface area (Å²) in [5.74, 6) is 0.171. The molecule has 7 heteroatoms. The predicted octanol–water partition coefficient (Wildman–Crippen LogP) is 4.41. The number of phenols is 1. The minimum atomic E-state index is 0.171. The number of nitrogens with zero attached hydrogens (tertiary/aromatic N) is 3. The van der Waals surface area contributed by atoms with E-state index in [0.717, 1.165) is 15.9 Å². The average molecular weight is 441 g/mol. The lowest BCUT2D eigenvalue weighted by Crippen LogP contribution is -2.08. The third kappa shape index (κ3) is 3.02. The van der Waals surface area contributed by atoms with Gasteiger partial charge >= 0.3 is 0 Å². The van der Waals surface area contributed by atoms with Gasteiger partial charge in [0.05, 0.1) is 25.4 Å². The molecule has 1 N–H and O–H groups in total. The molecule has 0 fully saturated rings. The average Bonchev–Trinajstić information content (AvgIpc) is 2.82. The number of thiazole rings is 1. The number of hydrogen-bond donors (Lipinski definition) is 1. The molecule has 0 unspecified atom stereocenters. The molecule has 22 heavy (non-hydrogen) atoms. The maximum absolute atomic E-state index is 9.69. The molecule has 2 aromatic carbocycles. The molecule has 0 radical (unpaired) electrons. The molecule has 0 saturated heterocycles. The van der Waals surface area contributed by atoms with E-state index in [0.29, 0.717) is 8.95 Å². The second kappa shape index (κ2) is 6.36. The SMILES string of the molecule is Cn1/c(=N/N=C\c2cc(Br)c(O)c(Br)c2)sc2ccccc21. The summed E-state index contributed by atoms with van der Waals surface area (Å²) in [7, 11) is 1.97. The molecule has 1 heterocycles. The van der Waals surface area contributed by atoms with Gasteiger partial charge in [-0.3, -0.25) is 0 Å². The molecule has 4 nitrogen and oxygen atoms in total. The Kier molecular flexibility index (Phi) is 4.46. The standard InChI is InChI=1S/C15H11Br2N3OS/c1-20-12-4-2-3-5-13(12)22-15(20)19-18-8-9-6-10(16)14(21)11(17)7-9/h2-8,21H,1H3/b18-8-,19-15-. The zero-order chi connectivity index (χ0) is 15.7. The Hall–Kier alpha value is -1.44. The first kappa shape index (κ1) is 15.5. The van der Waals surface area contributed by atoms with Gasteiger partial charge in [0.25, 0.3) is 0 Å². The summed E-state index contributed by atoms with van der Waals surface area (Å²) in [4.78, 5) is 0.828. The van der Waals surface area contributed by atoms with E-state index in [1.54, 1.807) is 29.7 Å². The number of benzene rings is 2. The first-order valence-corrected chi connectivity index (χ1v) is 8.76. The van der Waals surface area contributed by atoms with Crippen molar-refractivity contribution in [1.82, 2.24) is 4.57 Å². The molecule has 3 aromatic rings. The molecular weight excluding hydrogens is 430 g/mol. The van der Waals surface area contributed by atoms with Crippen LogP contribution in [0.3, 0.4) is 0 Å². The number of para-hydroxylation sites is 1. The highest BCUT2D eigenvalue weighted by molar-refractivity contribution is 9.11. The molecule has 0 atom stereocenters. The van der Waals surface area contributed by atoms with Crippen molar-refractivity contribution in [2.45, 2.75) is 0 Å². The van der Waals surface area contributed by atoms with Crippen LogP contribution >= 0.6 is 43.2 Å². The Bertz CT molecular complexity index is 920. The number of rotatable bonds is 2. The number of hydrogen-bond acceptors (Lipinski definition) is 4. The molecule has 0 aliphatic carbocycles. The first-order chi connectivity index (χ1) is 10.6. The van der Waals surface area contributed by atoms with Crippen LogP contribution in [0.4, 0.5) is 0 Å². The van der Waals surface area contributed by atoms with Gasteiger partial charge < -0.3 is 9.67 Å². The van der Waals surface area contributed by atoms with Gasteiger partial charge in [-0.05, 0) is 61.7 Å². The van der Waals surface area contributed by atoms with Gasteiger partial charge in [0.1, 0.15) is 5.75 Å². The second-order valence-corrected chi connectivity index (χ2v) is 7.31. The first-order valence-electron chi connectivity index (χ1n) is 6.36. The van der Waals surface area contributed by atoms with E-state index < -0.39 is 0 Å². The third-order valence-corrected chi connectivity index (χ3v) is 5.42. The van der Waals surface area contributed by atoms with Crippen molar-refractivity contribution in [3.05, 3.63) is 55.7 Å². The normalized spacial score (nSPS) is 12.6. The highest BCUT2D eigenvalue weighted by Crippen LogP contribution is 2.32. The van der Waals surface area contributed by atoms with Crippen LogP contribution in [0.25, 0.3) is 10.2 Å². The summed E-state index contributed by atoms with van der Waals surface area (Å²) in [5, 5.41) is 18.1. The molecule has 112 valence electrons. The van der Waals surface area contributed by atoms with Crippen molar-refractivity contribution in [2.75, 3.05) is 0 Å². The van der Waals surface area contributed by atoms with Crippen LogP contribution in [0.15, 0.2) is 55.5 Å². The Labute approximate surface area is 147 Å². The summed E-state index contributed by atoms with van der Waals surface area (Å²) < 4.78 is 4.40. The summed E-state index contributed by atoms with van der Waals surface area (Å²) in [5.41, 5.74) is 1.97. The van der Waals surface area contributed by atoms with E-state index in [-0.39, 0.29) is 5.75 Å². The zero-order valence-corrected chi connectivity index (χ0v) is 15.5. The lowest BCUT2D eigenvalue weighted by Gasteiger charge is -2.01. The quantitative estimate of drug-likeness (QED) is 0.465. The topological polar surface area (TPSA) is 49.9 Å². The minimum Gasteiger partial charge on any atom is -0.506 e. The summed E-state index contributed by atoms with van der Waals surface area (Å²) >= 11 is 8.18. The monoisotopic (exact) mass is 439 g/mol. The van der Waals surface area contributed by atoms with Crippen LogP contribution in [0.2, 0.25) is 0 Å². The van der Waals surface area contributed by atoms with Crippen LogP contribution in [0, 0.1) is 0 Å². The van der Waals surface area contributed by atoms with Crippen molar-refractivity contribution in [3.8, 4) is 5.75 Å². The van der Waals surface area contributed by atoms with Crippen molar-refractivity contribution >= 4 is 59.6 Å². The van der Waals surface area contributed by atoms with Crippen molar-refractivity contribution in [2.24, 2.45) is 17.3 Å². The molecular formula is C15H11Br2N3OS. The van der Waals surface area contributed by atoms with Gasteiger partial charge in [-0.25, -0.2) is 0 Å². The highest BCUT2D eigenvalue weighted by Gasteiger charge is 2.04. The van der Waals surface area contributed by atoms with Gasteiger partial charge in [-0.2, -0.15) is 5.10 Å². The molecule has 0 saturated carbocycles. The van der Waals surface area contributed by atoms with E-state index in [4.69, 9.17) is 0 Å². The van der Waals surface area contributed by atoms with E-state index in [2.05, 4.69) is 54.2 Å². The largest absolute Gasteiger partial charge is 0.506 e. The minimum absolute atomic E-state index is 0.171. The lowest BCUT2D eigenvalue weighted by atomic mass is 10.2. The fourth-order valence-electron chi connectivity index (χ4n) is 1.98. The molecule has 0 aliphatic rings. The summed E-state index contributed by atoms with van der Waals surface area (Å²) in [6.45, 7) is 0. The van der Waals surface area contributed by atoms with Gasteiger partial charge in [0.2, 0.25) is 4.80 Å². The maximum atomic E-state index is 9.69. The lowest BCUT2D eigenvalue weighted by molar-refractivity contribution is 0.468. The highest BCUT2D eigenvalue weighted by atomic mass is 79.9. The van der Waals surface area contributed by atoms with Crippen LogP contribution in [-0.4, -0.2) is 15.9 Å². The predicted molar refractivity (Wildman–Crippen MR) is 97.5 cm³/mol. The van der Waals surface area contributed by atoms with Gasteiger partial charge in [-0.1, -0.05) is 23.5 Å². The second-order valence-electron chi connectivity index (χ2n) is 4.59. The van der Waals surface area contributed by atoms with Crippen LogP contribution in [0.1, 0.15) is 5.56 Å². The number of aromatic nitrogens is 1. The number of aryl methyl sites for hydroxylation is 1. The smallest absolute Gasteiger partial charge is 0.211 e. The fourth-order valence-corrected chi connectivity index (χ4v) is 4.18. The van der Waals surface area contributed by atoms with E-state index in [1.165, 1.54) is 4.70 Å². The summed E-state index contributed by atoms with van der Waals surface area (Å²) in [6, 6.07) is 11.7. The Morgan fingerprint density at radius 2 is 1.86 bits per heavy atom. The van der Waals surface area contributed by atoms with Crippen molar-refractivity contribution in [1.29, 1.82) is 0 Å². The number of aromatic hydroxyl groups is 1. The summed E-state index contributed by atoms with van der Waals surface area (Å²) in [6.07, 6.45) is 1.65. The Balaban J connectivity index is 1.97. The van der Waals surface area contributed by atoms with Crippen molar-refractivity contribution < 1.29 is 5.11 Å². The molecule has 0 aliphatic heterocycles. The molecule has 3 rings (SSSR count). The van der Waals surface area contributed by atoms with Gasteiger partial charge in [0, 0.05) is 7.05 Å². The number of halogens is 2. The van der Waals surface area contributed by atoms with Crippen LogP contribution in [0.5, 0.6) is 5.75 Å². The molecule has 0 bridgehead atoms. The third-order valence-electron chi connectivity index (χ3n) is 3.10. The fraction of sp³-hybridized carbons (Fsp3) is 0.0667. The van der Waals surface area contributed by atoms with Gasteiger partial charge in [-0.15, -0.1) is 5.10 Å². The van der Waals surface area contributed by atoms with E-state index in [1.807, 2.05) is 23.7 Å². The number of fused-ring (bicyclic) bond motifs is 1. The Morgan fingerprint density at radius 1 is 1.18 bits per heavy atom. The Morgan fingerprint density at radius 3 is 2.55 bits per heavy atom. The van der Waals surface area contributed by atoms with Crippen LogP contribution < -0.4 is 4.80 Å². The maximum Gasteiger partial charge on any atom is 0.211 e. The van der Waals surface area contributed by atoms with Crippen molar-refractivity contribution in [3.63, 3.8) is 0 Å². The van der Waals surface area contributed by atoms with E-state index in [9.17, 15) is 5.11 Å².